The van der Waals surface area contributed by atoms with Crippen molar-refractivity contribution >= 4 is 33.3 Å². The van der Waals surface area contributed by atoms with Crippen molar-refractivity contribution in [2.45, 2.75) is 25.0 Å². The summed E-state index contributed by atoms with van der Waals surface area (Å²) in [6, 6.07) is 12.9. The van der Waals surface area contributed by atoms with Crippen molar-refractivity contribution < 1.29 is 32.2 Å². The van der Waals surface area contributed by atoms with Gasteiger partial charge in [0, 0.05) is 12.2 Å². The first-order valence-electron chi connectivity index (χ1n) is 10.1. The Morgan fingerprint density at radius 1 is 1.06 bits per heavy atom. The average Bonchev–Trinajstić information content (AvgIpc) is 3.03. The molecule has 1 saturated heterocycles. The van der Waals surface area contributed by atoms with E-state index in [0.717, 1.165) is 0 Å². The van der Waals surface area contributed by atoms with E-state index >= 15 is 0 Å². The zero-order chi connectivity index (χ0) is 23.4. The average molecular weight is 463 g/mol. The molecule has 0 aromatic heterocycles. The van der Waals surface area contributed by atoms with Gasteiger partial charge in [0.05, 0.1) is 19.4 Å². The van der Waals surface area contributed by atoms with Crippen LogP contribution < -0.4 is 19.1 Å². The summed E-state index contributed by atoms with van der Waals surface area (Å²) in [5, 5.41) is 2.67. The largest absolute Gasteiger partial charge is 0.497 e. The third kappa shape index (κ3) is 4.64. The number of benzene rings is 2. The van der Waals surface area contributed by atoms with Crippen LogP contribution in [0.2, 0.25) is 0 Å². The van der Waals surface area contributed by atoms with Crippen LogP contribution in [0.15, 0.2) is 48.5 Å². The molecule has 1 fully saturated rings. The Kier molecular flexibility index (Phi) is 6.93. The van der Waals surface area contributed by atoms with Gasteiger partial charge in [0.15, 0.2) is 11.4 Å². The number of nitrogens with one attached hydrogen (secondary N) is 1. The van der Waals surface area contributed by atoms with Gasteiger partial charge in [-0.15, -0.1) is 0 Å². The first-order chi connectivity index (χ1) is 15.2. The van der Waals surface area contributed by atoms with Crippen molar-refractivity contribution in [3.8, 4) is 11.5 Å². The number of nitrogens with zero attached hydrogens (tertiary/aromatic N) is 1. The zero-order valence-electron chi connectivity index (χ0n) is 18.2. The highest BCUT2D eigenvalue weighted by Gasteiger charge is 2.54. The van der Waals surface area contributed by atoms with Crippen LogP contribution in [-0.4, -0.2) is 51.9 Å². The van der Waals surface area contributed by atoms with E-state index in [-0.39, 0.29) is 26.2 Å². The summed E-state index contributed by atoms with van der Waals surface area (Å²) < 4.78 is 41.3. The first kappa shape index (κ1) is 23.4. The van der Waals surface area contributed by atoms with Crippen molar-refractivity contribution in [2.75, 3.05) is 36.5 Å². The number of sulfonamides is 1. The van der Waals surface area contributed by atoms with Crippen molar-refractivity contribution in [3.05, 3.63) is 48.5 Å². The summed E-state index contributed by atoms with van der Waals surface area (Å²) in [6.45, 7) is 3.37. The Labute approximate surface area is 187 Å². The van der Waals surface area contributed by atoms with Gasteiger partial charge in [0.1, 0.15) is 11.5 Å². The van der Waals surface area contributed by atoms with E-state index in [1.807, 2.05) is 0 Å². The lowest BCUT2D eigenvalue weighted by Crippen LogP contribution is -2.47. The highest BCUT2D eigenvalue weighted by molar-refractivity contribution is 7.95. The predicted molar refractivity (Wildman–Crippen MR) is 119 cm³/mol. The molecule has 2 aromatic carbocycles. The standard InChI is InChI=1S/C22H26N2O7S/c1-4-30-20(25)15-31-19-9-5-16(6-10-19)23-21(26)22(2)13-14-24(32(22,27)28)17-7-11-18(29-3)12-8-17/h5-12H,4,13-15H2,1-3H3,(H,23,26). The van der Waals surface area contributed by atoms with Gasteiger partial charge < -0.3 is 19.5 Å². The van der Waals surface area contributed by atoms with Crippen molar-refractivity contribution in [1.29, 1.82) is 0 Å². The smallest absolute Gasteiger partial charge is 0.344 e. The fraction of sp³-hybridized carbons (Fsp3) is 0.364. The Hall–Kier alpha value is -3.27. The Morgan fingerprint density at radius 3 is 2.28 bits per heavy atom. The number of hydrogen-bond acceptors (Lipinski definition) is 7. The van der Waals surface area contributed by atoms with E-state index in [1.54, 1.807) is 55.5 Å². The van der Waals surface area contributed by atoms with Crippen LogP contribution in [-0.2, 0) is 24.3 Å². The Balaban J connectivity index is 1.68. The quantitative estimate of drug-likeness (QED) is 0.600. The number of rotatable bonds is 8. The van der Waals surface area contributed by atoms with Crippen molar-refractivity contribution in [1.82, 2.24) is 0 Å². The minimum atomic E-state index is -3.95. The number of methoxy groups -OCH3 is 1. The molecule has 1 atom stereocenters. The molecule has 0 aliphatic carbocycles. The molecule has 1 aliphatic heterocycles. The first-order valence-corrected chi connectivity index (χ1v) is 11.5. The summed E-state index contributed by atoms with van der Waals surface area (Å²) in [6.07, 6.45) is 0.147. The second kappa shape index (κ2) is 9.47. The molecule has 0 bridgehead atoms. The summed E-state index contributed by atoms with van der Waals surface area (Å²) in [5.74, 6) is -0.0682. The third-order valence-electron chi connectivity index (χ3n) is 5.27. The number of ether oxygens (including phenoxy) is 3. The predicted octanol–water partition coefficient (Wildman–Crippen LogP) is 2.57. The van der Waals surface area contributed by atoms with Gasteiger partial charge in [-0.3, -0.25) is 9.10 Å². The SMILES string of the molecule is CCOC(=O)COc1ccc(NC(=O)C2(C)CCN(c3ccc(OC)cc3)S2(=O)=O)cc1. The molecule has 1 unspecified atom stereocenters. The van der Waals surface area contributed by atoms with E-state index < -0.39 is 26.6 Å². The molecule has 0 saturated carbocycles. The maximum absolute atomic E-state index is 13.2. The lowest BCUT2D eigenvalue weighted by Gasteiger charge is -2.25. The summed E-state index contributed by atoms with van der Waals surface area (Å²) in [7, 11) is -2.42. The molecule has 1 heterocycles. The fourth-order valence-electron chi connectivity index (χ4n) is 3.30. The van der Waals surface area contributed by atoms with E-state index in [1.165, 1.54) is 18.3 Å². The molecule has 10 heteroatoms. The highest BCUT2D eigenvalue weighted by Crippen LogP contribution is 2.38. The van der Waals surface area contributed by atoms with Gasteiger partial charge in [-0.05, 0) is 68.8 Å². The van der Waals surface area contributed by atoms with Gasteiger partial charge in [0.25, 0.3) is 0 Å². The molecule has 0 spiro atoms. The van der Waals surface area contributed by atoms with Crippen LogP contribution in [0.4, 0.5) is 11.4 Å². The lowest BCUT2D eigenvalue weighted by atomic mass is 10.1. The van der Waals surface area contributed by atoms with Gasteiger partial charge in [-0.2, -0.15) is 0 Å². The minimum absolute atomic E-state index is 0.147. The van der Waals surface area contributed by atoms with Gasteiger partial charge in [-0.25, -0.2) is 13.2 Å². The van der Waals surface area contributed by atoms with Crippen molar-refractivity contribution in [2.24, 2.45) is 0 Å². The lowest BCUT2D eigenvalue weighted by molar-refractivity contribution is -0.145. The Morgan fingerprint density at radius 2 is 1.69 bits per heavy atom. The van der Waals surface area contributed by atoms with Gasteiger partial charge in [-0.1, -0.05) is 0 Å². The van der Waals surface area contributed by atoms with E-state index in [9.17, 15) is 18.0 Å². The Bertz CT molecular complexity index is 1070. The van der Waals surface area contributed by atoms with Crippen molar-refractivity contribution in [3.63, 3.8) is 0 Å². The molecule has 1 aliphatic rings. The third-order valence-corrected chi connectivity index (χ3v) is 7.77. The second-order valence-corrected chi connectivity index (χ2v) is 9.62. The van der Waals surface area contributed by atoms with E-state index in [2.05, 4.69) is 5.32 Å². The molecule has 1 amide bonds. The molecule has 172 valence electrons. The topological polar surface area (TPSA) is 111 Å². The zero-order valence-corrected chi connectivity index (χ0v) is 19.0. The summed E-state index contributed by atoms with van der Waals surface area (Å²) >= 11 is 0. The van der Waals surface area contributed by atoms with Gasteiger partial charge in [0.2, 0.25) is 15.9 Å². The molecule has 2 aromatic rings. The number of carbonyl (C=O) groups is 2. The maximum Gasteiger partial charge on any atom is 0.344 e. The van der Waals surface area contributed by atoms with Crippen LogP contribution in [0, 0.1) is 0 Å². The van der Waals surface area contributed by atoms with Crippen LogP contribution in [0.1, 0.15) is 20.3 Å². The number of hydrogen-bond donors (Lipinski definition) is 1. The van der Waals surface area contributed by atoms with Gasteiger partial charge >= 0.3 is 5.97 Å². The normalized spacial score (nSPS) is 19.3. The molecule has 3 rings (SSSR count). The summed E-state index contributed by atoms with van der Waals surface area (Å²) in [4.78, 5) is 24.3. The molecular weight excluding hydrogens is 436 g/mol. The maximum atomic E-state index is 13.2. The number of carbonyl (C=O) groups excluding carboxylic acids is 2. The van der Waals surface area contributed by atoms with Crippen LogP contribution >= 0.6 is 0 Å². The number of anilines is 2. The number of esters is 1. The molecular formula is C22H26N2O7S. The van der Waals surface area contributed by atoms with E-state index in [4.69, 9.17) is 14.2 Å². The second-order valence-electron chi connectivity index (χ2n) is 7.33. The fourth-order valence-corrected chi connectivity index (χ4v) is 5.15. The summed E-state index contributed by atoms with van der Waals surface area (Å²) in [5.41, 5.74) is 0.892. The number of amides is 1. The van der Waals surface area contributed by atoms with E-state index in [0.29, 0.717) is 22.9 Å². The minimum Gasteiger partial charge on any atom is -0.497 e. The van der Waals surface area contributed by atoms with Crippen LogP contribution in [0.5, 0.6) is 11.5 Å². The molecule has 1 N–H and O–H groups in total. The molecule has 9 nitrogen and oxygen atoms in total. The van der Waals surface area contributed by atoms with Crippen LogP contribution in [0.25, 0.3) is 0 Å². The monoisotopic (exact) mass is 462 g/mol. The van der Waals surface area contributed by atoms with Crippen LogP contribution in [0.3, 0.4) is 0 Å². The molecule has 0 radical (unpaired) electrons. The highest BCUT2D eigenvalue weighted by atomic mass is 32.2. The molecule has 32 heavy (non-hydrogen) atoms.